The van der Waals surface area contributed by atoms with E-state index >= 15 is 0 Å². The average molecular weight is 336 g/mol. The van der Waals surface area contributed by atoms with Crippen LogP contribution in [0.3, 0.4) is 0 Å². The van der Waals surface area contributed by atoms with E-state index in [1.165, 1.54) is 0 Å². The van der Waals surface area contributed by atoms with Gasteiger partial charge in [0.05, 0.1) is 20.8 Å². The molecule has 0 aliphatic carbocycles. The van der Waals surface area contributed by atoms with Crippen molar-refractivity contribution in [2.75, 3.05) is 27.4 Å². The topological polar surface area (TPSA) is 27.7 Å². The second-order valence-electron chi connectivity index (χ2n) is 4.25. The first-order valence-electron chi connectivity index (χ1n) is 5.80. The fourth-order valence-corrected chi connectivity index (χ4v) is 3.32. The molecule has 18 heavy (non-hydrogen) atoms. The molecule has 0 aromatic heterocycles. The maximum absolute atomic E-state index is 6.30. The molecule has 5 heteroatoms. The molecule has 2 unspecified atom stereocenters. The van der Waals surface area contributed by atoms with Gasteiger partial charge in [0.25, 0.3) is 0 Å². The average Bonchev–Trinajstić information content (AvgIpc) is 2.91. The molecule has 0 spiro atoms. The number of ether oxygens (including phenoxy) is 3. The van der Waals surface area contributed by atoms with E-state index in [4.69, 9.17) is 25.8 Å². The minimum Gasteiger partial charge on any atom is -0.493 e. The van der Waals surface area contributed by atoms with Crippen LogP contribution in [0, 0.1) is 5.92 Å². The molecule has 1 aliphatic rings. The maximum Gasteiger partial charge on any atom is 0.162 e. The van der Waals surface area contributed by atoms with E-state index in [1.54, 1.807) is 20.3 Å². The van der Waals surface area contributed by atoms with Crippen molar-refractivity contribution in [3.8, 4) is 11.5 Å². The number of rotatable bonds is 4. The van der Waals surface area contributed by atoms with Crippen LogP contribution in [-0.4, -0.2) is 27.4 Å². The molecule has 0 saturated carbocycles. The summed E-state index contributed by atoms with van der Waals surface area (Å²) in [7, 11) is 3.22. The van der Waals surface area contributed by atoms with Gasteiger partial charge in [0, 0.05) is 28.4 Å². The number of benzene rings is 1. The Labute approximate surface area is 120 Å². The number of hydrogen-bond donors (Lipinski definition) is 0. The van der Waals surface area contributed by atoms with Gasteiger partial charge in [-0.05, 0) is 18.1 Å². The van der Waals surface area contributed by atoms with Gasteiger partial charge in [-0.3, -0.25) is 0 Å². The van der Waals surface area contributed by atoms with Crippen LogP contribution in [0.4, 0.5) is 0 Å². The second kappa shape index (κ2) is 6.13. The lowest BCUT2D eigenvalue weighted by atomic mass is 9.98. The second-order valence-corrected chi connectivity index (χ2v) is 5.65. The Hall–Kier alpha value is -0.450. The number of halogens is 2. The number of hydrogen-bond acceptors (Lipinski definition) is 3. The molecule has 1 saturated heterocycles. The van der Waals surface area contributed by atoms with Crippen LogP contribution in [0.15, 0.2) is 12.1 Å². The van der Waals surface area contributed by atoms with Crippen LogP contribution < -0.4 is 9.47 Å². The molecule has 0 amide bonds. The predicted octanol–water partition coefficient (Wildman–Crippen LogP) is 3.83. The first-order chi connectivity index (χ1) is 8.67. The van der Waals surface area contributed by atoms with Crippen molar-refractivity contribution in [2.45, 2.75) is 11.2 Å². The molecule has 1 aromatic rings. The summed E-state index contributed by atoms with van der Waals surface area (Å²) in [5.41, 5.74) is 1.02. The zero-order chi connectivity index (χ0) is 13.1. The molecule has 1 heterocycles. The van der Waals surface area contributed by atoms with Crippen molar-refractivity contribution in [3.63, 3.8) is 0 Å². The van der Waals surface area contributed by atoms with Gasteiger partial charge in [0.15, 0.2) is 11.5 Å². The SMILES string of the molecule is COc1cc(Cl)c(C(Br)C2CCOC2)cc1OC. The Morgan fingerprint density at radius 1 is 1.33 bits per heavy atom. The summed E-state index contributed by atoms with van der Waals surface area (Å²) in [6.45, 7) is 1.58. The van der Waals surface area contributed by atoms with Crippen LogP contribution in [0.1, 0.15) is 16.8 Å². The molecule has 1 aliphatic heterocycles. The third-order valence-electron chi connectivity index (χ3n) is 3.18. The number of alkyl halides is 1. The van der Waals surface area contributed by atoms with Gasteiger partial charge in [-0.25, -0.2) is 0 Å². The lowest BCUT2D eigenvalue weighted by molar-refractivity contribution is 0.185. The number of methoxy groups -OCH3 is 2. The third kappa shape index (κ3) is 2.76. The van der Waals surface area contributed by atoms with E-state index in [-0.39, 0.29) is 4.83 Å². The first kappa shape index (κ1) is 14.0. The van der Waals surface area contributed by atoms with Crippen molar-refractivity contribution in [2.24, 2.45) is 5.92 Å². The van der Waals surface area contributed by atoms with E-state index in [0.29, 0.717) is 22.4 Å². The summed E-state index contributed by atoms with van der Waals surface area (Å²) < 4.78 is 15.9. The van der Waals surface area contributed by atoms with E-state index in [2.05, 4.69) is 15.9 Å². The van der Waals surface area contributed by atoms with E-state index < -0.39 is 0 Å². The molecule has 0 bridgehead atoms. The Kier molecular flexibility index (Phi) is 4.76. The molecule has 1 fully saturated rings. The van der Waals surface area contributed by atoms with Crippen LogP contribution in [0.2, 0.25) is 5.02 Å². The molecule has 1 aromatic carbocycles. The molecule has 100 valence electrons. The standard InChI is InChI=1S/C13H16BrClO3/c1-16-11-5-9(10(15)6-12(11)17-2)13(14)8-3-4-18-7-8/h5-6,8,13H,3-4,7H2,1-2H3. The largest absolute Gasteiger partial charge is 0.493 e. The molecule has 0 radical (unpaired) electrons. The summed E-state index contributed by atoms with van der Waals surface area (Å²) in [6, 6.07) is 3.72. The highest BCUT2D eigenvalue weighted by atomic mass is 79.9. The summed E-state index contributed by atoms with van der Waals surface area (Å²) in [5.74, 6) is 1.79. The Morgan fingerprint density at radius 3 is 2.56 bits per heavy atom. The van der Waals surface area contributed by atoms with Crippen LogP contribution in [-0.2, 0) is 4.74 Å². The van der Waals surface area contributed by atoms with Crippen molar-refractivity contribution in [1.82, 2.24) is 0 Å². The van der Waals surface area contributed by atoms with Crippen LogP contribution >= 0.6 is 27.5 Å². The van der Waals surface area contributed by atoms with Crippen molar-refractivity contribution in [1.29, 1.82) is 0 Å². The first-order valence-corrected chi connectivity index (χ1v) is 7.10. The molecule has 0 N–H and O–H groups in total. The Balaban J connectivity index is 2.31. The molecule has 2 atom stereocenters. The Bertz CT molecular complexity index is 419. The monoisotopic (exact) mass is 334 g/mol. The van der Waals surface area contributed by atoms with Gasteiger partial charge in [0.2, 0.25) is 0 Å². The van der Waals surface area contributed by atoms with Gasteiger partial charge in [-0.1, -0.05) is 27.5 Å². The van der Waals surface area contributed by atoms with Gasteiger partial charge in [0.1, 0.15) is 0 Å². The highest BCUT2D eigenvalue weighted by molar-refractivity contribution is 9.09. The van der Waals surface area contributed by atoms with Crippen molar-refractivity contribution >= 4 is 27.5 Å². The zero-order valence-electron chi connectivity index (χ0n) is 10.4. The zero-order valence-corrected chi connectivity index (χ0v) is 12.8. The van der Waals surface area contributed by atoms with E-state index in [9.17, 15) is 0 Å². The third-order valence-corrected chi connectivity index (χ3v) is 4.75. The maximum atomic E-state index is 6.30. The van der Waals surface area contributed by atoms with Crippen molar-refractivity contribution in [3.05, 3.63) is 22.7 Å². The molecule has 3 nitrogen and oxygen atoms in total. The fraction of sp³-hybridized carbons (Fsp3) is 0.538. The molecular weight excluding hydrogens is 319 g/mol. The van der Waals surface area contributed by atoms with Gasteiger partial charge in [-0.15, -0.1) is 0 Å². The quantitative estimate of drug-likeness (QED) is 0.783. The molecule has 2 rings (SSSR count). The van der Waals surface area contributed by atoms with Gasteiger partial charge in [-0.2, -0.15) is 0 Å². The fourth-order valence-electron chi connectivity index (χ4n) is 2.12. The van der Waals surface area contributed by atoms with Crippen LogP contribution in [0.25, 0.3) is 0 Å². The summed E-state index contributed by atoms with van der Waals surface area (Å²) in [6.07, 6.45) is 1.04. The van der Waals surface area contributed by atoms with Crippen LogP contribution in [0.5, 0.6) is 11.5 Å². The van der Waals surface area contributed by atoms with Gasteiger partial charge < -0.3 is 14.2 Å². The normalized spacial score (nSPS) is 20.8. The molecular formula is C13H16BrClO3. The summed E-state index contributed by atoms with van der Waals surface area (Å²) >= 11 is 10.0. The highest BCUT2D eigenvalue weighted by Gasteiger charge is 2.27. The lowest BCUT2D eigenvalue weighted by Gasteiger charge is -2.19. The smallest absolute Gasteiger partial charge is 0.162 e. The minimum absolute atomic E-state index is 0.173. The summed E-state index contributed by atoms with van der Waals surface area (Å²) in [4.78, 5) is 0.173. The highest BCUT2D eigenvalue weighted by Crippen LogP contribution is 2.43. The predicted molar refractivity (Wildman–Crippen MR) is 75.2 cm³/mol. The van der Waals surface area contributed by atoms with Gasteiger partial charge >= 0.3 is 0 Å². The lowest BCUT2D eigenvalue weighted by Crippen LogP contribution is -2.08. The van der Waals surface area contributed by atoms with E-state index in [1.807, 2.05) is 6.07 Å². The van der Waals surface area contributed by atoms with Crippen molar-refractivity contribution < 1.29 is 14.2 Å². The Morgan fingerprint density at radius 2 is 2.00 bits per heavy atom. The van der Waals surface area contributed by atoms with E-state index in [0.717, 1.165) is 25.2 Å². The summed E-state index contributed by atoms with van der Waals surface area (Å²) in [5, 5.41) is 0.682. The minimum atomic E-state index is 0.173.